The average molecular weight is 272 g/mol. The fourth-order valence-electron chi connectivity index (χ4n) is 2.20. The summed E-state index contributed by atoms with van der Waals surface area (Å²) < 4.78 is 5.27. The predicted molar refractivity (Wildman–Crippen MR) is 71.0 cm³/mol. The van der Waals surface area contributed by atoms with E-state index >= 15 is 0 Å². The minimum absolute atomic E-state index is 0.00969. The van der Waals surface area contributed by atoms with Crippen LogP contribution >= 0.6 is 0 Å². The summed E-state index contributed by atoms with van der Waals surface area (Å²) in [5.74, 6) is -0.830. The van der Waals surface area contributed by atoms with Gasteiger partial charge < -0.3 is 20.1 Å². The van der Waals surface area contributed by atoms with Crippen molar-refractivity contribution in [3.63, 3.8) is 0 Å². The van der Waals surface area contributed by atoms with E-state index < -0.39 is 5.97 Å². The summed E-state index contributed by atoms with van der Waals surface area (Å²) in [5.41, 5.74) is 0. The fourth-order valence-corrected chi connectivity index (χ4v) is 2.20. The Morgan fingerprint density at radius 3 is 2.58 bits per heavy atom. The lowest BCUT2D eigenvalue weighted by Crippen LogP contribution is -2.46. The van der Waals surface area contributed by atoms with Crippen molar-refractivity contribution in [2.75, 3.05) is 26.8 Å². The highest BCUT2D eigenvalue weighted by atomic mass is 16.5. The summed E-state index contributed by atoms with van der Waals surface area (Å²) in [7, 11) is 1.78. The van der Waals surface area contributed by atoms with Crippen molar-refractivity contribution in [2.24, 2.45) is 5.92 Å². The molecule has 0 aromatic carbocycles. The SMILES string of the molecule is CCC(CNC(=O)N(C)C1CCOCC1)CC(=O)O. The van der Waals surface area contributed by atoms with Gasteiger partial charge in [0.25, 0.3) is 0 Å². The van der Waals surface area contributed by atoms with Crippen molar-refractivity contribution in [1.29, 1.82) is 0 Å². The molecule has 1 aliphatic heterocycles. The highest BCUT2D eigenvalue weighted by Gasteiger charge is 2.22. The van der Waals surface area contributed by atoms with Gasteiger partial charge in [-0.15, -0.1) is 0 Å². The van der Waals surface area contributed by atoms with Gasteiger partial charge in [0.05, 0.1) is 0 Å². The van der Waals surface area contributed by atoms with E-state index in [1.54, 1.807) is 11.9 Å². The molecule has 0 saturated carbocycles. The van der Waals surface area contributed by atoms with Crippen LogP contribution in [0.2, 0.25) is 0 Å². The summed E-state index contributed by atoms with van der Waals surface area (Å²) >= 11 is 0. The van der Waals surface area contributed by atoms with Crippen LogP contribution in [-0.4, -0.2) is 54.9 Å². The number of hydrogen-bond acceptors (Lipinski definition) is 3. The number of amides is 2. The van der Waals surface area contributed by atoms with Gasteiger partial charge in [0, 0.05) is 39.3 Å². The molecule has 110 valence electrons. The largest absolute Gasteiger partial charge is 0.481 e. The van der Waals surface area contributed by atoms with E-state index in [1.165, 1.54) is 0 Å². The molecule has 1 aliphatic rings. The quantitative estimate of drug-likeness (QED) is 0.764. The molecule has 2 amide bonds. The number of aliphatic carboxylic acids is 1. The number of hydrogen-bond donors (Lipinski definition) is 2. The number of rotatable bonds is 6. The average Bonchev–Trinajstić information content (AvgIpc) is 2.42. The molecule has 0 aromatic rings. The number of carboxylic acids is 1. The minimum Gasteiger partial charge on any atom is -0.481 e. The number of ether oxygens (including phenoxy) is 1. The summed E-state index contributed by atoms with van der Waals surface area (Å²) in [4.78, 5) is 24.3. The molecule has 0 aliphatic carbocycles. The molecule has 6 nitrogen and oxygen atoms in total. The Hall–Kier alpha value is -1.30. The molecular formula is C13H24N2O4. The number of urea groups is 1. The predicted octanol–water partition coefficient (Wildman–Crippen LogP) is 1.31. The molecule has 19 heavy (non-hydrogen) atoms. The van der Waals surface area contributed by atoms with Crippen LogP contribution in [0.3, 0.4) is 0 Å². The topological polar surface area (TPSA) is 78.9 Å². The maximum absolute atomic E-state index is 12.0. The van der Waals surface area contributed by atoms with Crippen molar-refractivity contribution < 1.29 is 19.4 Å². The van der Waals surface area contributed by atoms with Crippen LogP contribution < -0.4 is 5.32 Å². The monoisotopic (exact) mass is 272 g/mol. The molecule has 0 aromatic heterocycles. The standard InChI is InChI=1S/C13H24N2O4/c1-3-10(8-12(16)17)9-14-13(18)15(2)11-4-6-19-7-5-11/h10-11H,3-9H2,1-2H3,(H,14,18)(H,16,17). The van der Waals surface area contributed by atoms with Crippen LogP contribution in [0.5, 0.6) is 0 Å². The van der Waals surface area contributed by atoms with E-state index in [1.807, 2.05) is 6.92 Å². The van der Waals surface area contributed by atoms with Crippen molar-refractivity contribution >= 4 is 12.0 Å². The summed E-state index contributed by atoms with van der Waals surface area (Å²) in [5, 5.41) is 11.6. The molecule has 0 spiro atoms. The third kappa shape index (κ3) is 5.46. The zero-order valence-corrected chi connectivity index (χ0v) is 11.7. The summed E-state index contributed by atoms with van der Waals surface area (Å²) in [6.07, 6.45) is 2.55. The smallest absolute Gasteiger partial charge is 0.317 e. The van der Waals surface area contributed by atoms with Crippen LogP contribution in [0.25, 0.3) is 0 Å². The van der Waals surface area contributed by atoms with E-state index in [-0.39, 0.29) is 24.4 Å². The Morgan fingerprint density at radius 2 is 2.05 bits per heavy atom. The van der Waals surface area contributed by atoms with Crippen LogP contribution in [0.15, 0.2) is 0 Å². The molecule has 1 saturated heterocycles. The maximum atomic E-state index is 12.0. The zero-order valence-electron chi connectivity index (χ0n) is 11.7. The third-order valence-corrected chi connectivity index (χ3v) is 3.64. The van der Waals surface area contributed by atoms with Crippen molar-refractivity contribution in [3.8, 4) is 0 Å². The summed E-state index contributed by atoms with van der Waals surface area (Å²) in [6.45, 7) is 3.73. The van der Waals surface area contributed by atoms with E-state index in [4.69, 9.17) is 9.84 Å². The molecule has 0 radical (unpaired) electrons. The van der Waals surface area contributed by atoms with Gasteiger partial charge in [-0.3, -0.25) is 4.79 Å². The first-order chi connectivity index (χ1) is 9.04. The zero-order chi connectivity index (χ0) is 14.3. The molecule has 2 N–H and O–H groups in total. The molecule has 1 heterocycles. The van der Waals surface area contributed by atoms with Crippen LogP contribution in [0, 0.1) is 5.92 Å². The lowest BCUT2D eigenvalue weighted by atomic mass is 10.0. The number of carbonyl (C=O) groups is 2. The Morgan fingerprint density at radius 1 is 1.42 bits per heavy atom. The second kappa shape index (κ2) is 7.99. The Bertz CT molecular complexity index is 303. The Kier molecular flexibility index (Phi) is 6.62. The number of carbonyl (C=O) groups excluding carboxylic acids is 1. The van der Waals surface area contributed by atoms with Crippen LogP contribution in [-0.2, 0) is 9.53 Å². The summed E-state index contributed by atoms with van der Waals surface area (Å²) in [6, 6.07) is 0.0871. The first kappa shape index (κ1) is 15.8. The van der Waals surface area contributed by atoms with Crippen LogP contribution in [0.4, 0.5) is 4.79 Å². The molecule has 6 heteroatoms. The van der Waals surface area contributed by atoms with Gasteiger partial charge >= 0.3 is 12.0 Å². The van der Waals surface area contributed by atoms with Crippen LogP contribution in [0.1, 0.15) is 32.6 Å². The minimum atomic E-state index is -0.820. The van der Waals surface area contributed by atoms with Gasteiger partial charge in [-0.25, -0.2) is 4.79 Å². The van der Waals surface area contributed by atoms with Crippen molar-refractivity contribution in [1.82, 2.24) is 10.2 Å². The van der Waals surface area contributed by atoms with Gasteiger partial charge in [0.15, 0.2) is 0 Å². The molecule has 1 fully saturated rings. The fraction of sp³-hybridized carbons (Fsp3) is 0.846. The Labute approximate surface area is 114 Å². The molecule has 1 rings (SSSR count). The molecule has 1 atom stereocenters. The van der Waals surface area contributed by atoms with E-state index in [0.29, 0.717) is 19.8 Å². The lowest BCUT2D eigenvalue weighted by molar-refractivity contribution is -0.138. The first-order valence-electron chi connectivity index (χ1n) is 6.84. The number of carboxylic acid groups (broad SMARTS) is 1. The Balaban J connectivity index is 2.34. The highest BCUT2D eigenvalue weighted by Crippen LogP contribution is 2.13. The molecular weight excluding hydrogens is 248 g/mol. The second-order valence-corrected chi connectivity index (χ2v) is 5.01. The second-order valence-electron chi connectivity index (χ2n) is 5.01. The van der Waals surface area contributed by atoms with Gasteiger partial charge in [0.2, 0.25) is 0 Å². The van der Waals surface area contributed by atoms with E-state index in [9.17, 15) is 9.59 Å². The van der Waals surface area contributed by atoms with Gasteiger partial charge in [-0.2, -0.15) is 0 Å². The third-order valence-electron chi connectivity index (χ3n) is 3.64. The van der Waals surface area contributed by atoms with Gasteiger partial charge in [-0.1, -0.05) is 13.3 Å². The highest BCUT2D eigenvalue weighted by molar-refractivity contribution is 5.74. The number of nitrogens with zero attached hydrogens (tertiary/aromatic N) is 1. The van der Waals surface area contributed by atoms with Crippen molar-refractivity contribution in [3.05, 3.63) is 0 Å². The maximum Gasteiger partial charge on any atom is 0.317 e. The number of nitrogens with one attached hydrogen (secondary N) is 1. The van der Waals surface area contributed by atoms with Gasteiger partial charge in [-0.05, 0) is 18.8 Å². The van der Waals surface area contributed by atoms with E-state index in [2.05, 4.69) is 5.32 Å². The lowest BCUT2D eigenvalue weighted by Gasteiger charge is -2.31. The van der Waals surface area contributed by atoms with Crippen molar-refractivity contribution in [2.45, 2.75) is 38.6 Å². The van der Waals surface area contributed by atoms with E-state index in [0.717, 1.165) is 19.3 Å². The first-order valence-corrected chi connectivity index (χ1v) is 6.84. The van der Waals surface area contributed by atoms with Gasteiger partial charge in [0.1, 0.15) is 0 Å². The normalized spacial score (nSPS) is 17.8. The molecule has 1 unspecified atom stereocenters. The molecule has 0 bridgehead atoms.